The van der Waals surface area contributed by atoms with E-state index in [4.69, 9.17) is 0 Å². The summed E-state index contributed by atoms with van der Waals surface area (Å²) in [6.45, 7) is 7.26. The summed E-state index contributed by atoms with van der Waals surface area (Å²) in [4.78, 5) is 5.87. The van der Waals surface area contributed by atoms with Gasteiger partial charge < -0.3 is 21.4 Å². The quantitative estimate of drug-likeness (QED) is 0.217. The zero-order chi connectivity index (χ0) is 26.4. The first-order chi connectivity index (χ1) is 18.3. The first kappa shape index (κ1) is 25.2. The summed E-state index contributed by atoms with van der Waals surface area (Å²) < 4.78 is 0.875. The van der Waals surface area contributed by atoms with Crippen LogP contribution in [0.25, 0.3) is 10.9 Å². The topological polar surface area (TPSA) is 100 Å². The molecule has 1 aromatic heterocycles. The number of hydrogen-bond acceptors (Lipinski definition) is 9. The molecule has 5 N–H and O–H groups in total. The third-order valence-corrected chi connectivity index (χ3v) is 8.48. The highest BCUT2D eigenvalue weighted by Gasteiger charge is 2.33. The number of nitrogens with zero attached hydrogens (tertiary/aromatic N) is 3. The predicted molar refractivity (Wildman–Crippen MR) is 158 cm³/mol. The number of benzene rings is 2. The van der Waals surface area contributed by atoms with Gasteiger partial charge in [-0.25, -0.2) is 0 Å². The average molecular weight is 592 g/mol. The molecule has 2 aromatic carbocycles. The highest BCUT2D eigenvalue weighted by molar-refractivity contribution is 9.10. The SMILES string of the molecule is CC(C)(C)CNc1c(C#N)cnc2c(Br)cc(N[C@H](C3=CN(C4CC4)NN3)c3cccc4c3SCN4)cc12. The van der Waals surface area contributed by atoms with Gasteiger partial charge in [-0.1, -0.05) is 32.9 Å². The van der Waals surface area contributed by atoms with Crippen molar-refractivity contribution >= 4 is 55.7 Å². The molecule has 10 heteroatoms. The fourth-order valence-corrected chi connectivity index (χ4v) is 6.35. The Labute approximate surface area is 235 Å². The van der Waals surface area contributed by atoms with E-state index in [0.29, 0.717) is 11.6 Å². The standard InChI is InChI=1S/C28H31BrN8S/c1-28(2,3)14-32-24-16(11-30)12-31-25-20(24)9-17(10-21(25)29)34-26(23-13-37(36-35-23)18-7-8-18)19-5-4-6-22-27(19)38-15-33-22/h4-6,9-10,12-13,18,26,33-36H,7-8,14-15H2,1-3H3,(H,31,32)/t26-/m0/s1. The molecule has 1 fully saturated rings. The van der Waals surface area contributed by atoms with Crippen molar-refractivity contribution in [2.75, 3.05) is 28.4 Å². The summed E-state index contributed by atoms with van der Waals surface area (Å²) in [6, 6.07) is 13.4. The van der Waals surface area contributed by atoms with Crippen molar-refractivity contribution in [1.29, 1.82) is 5.26 Å². The van der Waals surface area contributed by atoms with Crippen molar-refractivity contribution in [3.63, 3.8) is 0 Å². The monoisotopic (exact) mass is 590 g/mol. The van der Waals surface area contributed by atoms with Gasteiger partial charge in [-0.3, -0.25) is 9.99 Å². The fraction of sp³-hybridized carbons (Fsp3) is 0.357. The minimum absolute atomic E-state index is 0.0565. The normalized spacial score (nSPS) is 17.3. The molecule has 38 heavy (non-hydrogen) atoms. The molecular formula is C28H31BrN8S. The van der Waals surface area contributed by atoms with Gasteiger partial charge in [0.15, 0.2) is 0 Å². The maximum absolute atomic E-state index is 9.85. The van der Waals surface area contributed by atoms with Crippen molar-refractivity contribution in [3.8, 4) is 6.07 Å². The summed E-state index contributed by atoms with van der Waals surface area (Å²) >= 11 is 5.59. The van der Waals surface area contributed by atoms with Crippen LogP contribution in [0, 0.1) is 16.7 Å². The molecule has 1 saturated carbocycles. The van der Waals surface area contributed by atoms with Gasteiger partial charge in [0.25, 0.3) is 0 Å². The van der Waals surface area contributed by atoms with Crippen molar-refractivity contribution < 1.29 is 0 Å². The van der Waals surface area contributed by atoms with E-state index in [1.807, 2.05) is 11.8 Å². The molecule has 0 saturated heterocycles. The largest absolute Gasteiger partial charge is 0.383 e. The number of hydrogen-bond donors (Lipinski definition) is 5. The number of anilines is 3. The van der Waals surface area contributed by atoms with Gasteiger partial charge in [0, 0.05) is 51.1 Å². The molecule has 0 amide bonds. The van der Waals surface area contributed by atoms with Crippen LogP contribution in [0.3, 0.4) is 0 Å². The van der Waals surface area contributed by atoms with E-state index in [0.717, 1.165) is 44.9 Å². The minimum Gasteiger partial charge on any atom is -0.383 e. The molecule has 1 atom stereocenters. The van der Waals surface area contributed by atoms with Crippen LogP contribution in [-0.2, 0) is 0 Å². The van der Waals surface area contributed by atoms with Crippen LogP contribution in [0.15, 0.2) is 57.8 Å². The summed E-state index contributed by atoms with van der Waals surface area (Å²) in [7, 11) is 0. The van der Waals surface area contributed by atoms with E-state index >= 15 is 0 Å². The molecule has 8 nitrogen and oxygen atoms in total. The van der Waals surface area contributed by atoms with Crippen LogP contribution in [0.5, 0.6) is 0 Å². The maximum atomic E-state index is 9.85. The molecule has 6 rings (SSSR count). The van der Waals surface area contributed by atoms with E-state index in [-0.39, 0.29) is 11.5 Å². The average Bonchev–Trinajstić information content (AvgIpc) is 3.41. The first-order valence-corrected chi connectivity index (χ1v) is 14.6. The van der Waals surface area contributed by atoms with Crippen LogP contribution >= 0.6 is 27.7 Å². The van der Waals surface area contributed by atoms with E-state index in [1.54, 1.807) is 6.20 Å². The van der Waals surface area contributed by atoms with Crippen molar-refractivity contribution in [2.45, 2.75) is 50.6 Å². The smallest absolute Gasteiger partial charge is 0.103 e. The lowest BCUT2D eigenvalue weighted by atomic mass is 9.96. The highest BCUT2D eigenvalue weighted by Crippen LogP contribution is 2.43. The highest BCUT2D eigenvalue weighted by atomic mass is 79.9. The molecule has 196 valence electrons. The first-order valence-electron chi connectivity index (χ1n) is 12.8. The number of halogens is 1. The van der Waals surface area contributed by atoms with Crippen molar-refractivity contribution in [2.24, 2.45) is 5.41 Å². The molecule has 3 aromatic rings. The number of hydrazine groups is 2. The van der Waals surface area contributed by atoms with Crippen molar-refractivity contribution in [3.05, 3.63) is 64.0 Å². The number of thioether (sulfide) groups is 1. The number of pyridine rings is 1. The Kier molecular flexibility index (Phi) is 6.54. The second kappa shape index (κ2) is 9.88. The molecule has 3 aliphatic rings. The summed E-state index contributed by atoms with van der Waals surface area (Å²) in [5.41, 5.74) is 13.4. The summed E-state index contributed by atoms with van der Waals surface area (Å²) in [5, 5.41) is 23.8. The maximum Gasteiger partial charge on any atom is 0.103 e. The lowest BCUT2D eigenvalue weighted by Crippen LogP contribution is -2.38. The summed E-state index contributed by atoms with van der Waals surface area (Å²) in [6.07, 6.45) is 6.24. The Morgan fingerprint density at radius 3 is 2.89 bits per heavy atom. The predicted octanol–water partition coefficient (Wildman–Crippen LogP) is 6.28. The Bertz CT molecular complexity index is 1470. The number of fused-ring (bicyclic) bond motifs is 2. The van der Waals surface area contributed by atoms with Gasteiger partial charge >= 0.3 is 0 Å². The Morgan fingerprint density at radius 2 is 2.13 bits per heavy atom. The number of aromatic nitrogens is 1. The van der Waals surface area contributed by atoms with Crippen LogP contribution in [0.2, 0.25) is 0 Å². The molecule has 0 bridgehead atoms. The lowest BCUT2D eigenvalue weighted by Gasteiger charge is -2.24. The van der Waals surface area contributed by atoms with Gasteiger partial charge in [-0.2, -0.15) is 5.26 Å². The lowest BCUT2D eigenvalue weighted by molar-refractivity contribution is 0.260. The van der Waals surface area contributed by atoms with Gasteiger partial charge in [0.05, 0.1) is 34.4 Å². The summed E-state index contributed by atoms with van der Waals surface area (Å²) in [5.74, 6) is 0.866. The third kappa shape index (κ3) is 4.98. The molecule has 0 spiro atoms. The van der Waals surface area contributed by atoms with E-state index < -0.39 is 0 Å². The van der Waals surface area contributed by atoms with Gasteiger partial charge in [-0.05, 0) is 57.9 Å². The zero-order valence-corrected chi connectivity index (χ0v) is 24.1. The van der Waals surface area contributed by atoms with Crippen LogP contribution < -0.4 is 26.9 Å². The fourth-order valence-electron chi connectivity index (χ4n) is 4.77. The zero-order valence-electron chi connectivity index (χ0n) is 21.7. The third-order valence-electron chi connectivity index (χ3n) is 6.85. The minimum atomic E-state index is -0.115. The molecule has 0 unspecified atom stereocenters. The molecular weight excluding hydrogens is 560 g/mol. The van der Waals surface area contributed by atoms with Gasteiger partial charge in [0.1, 0.15) is 6.07 Å². The van der Waals surface area contributed by atoms with Crippen LogP contribution in [0.1, 0.15) is 50.8 Å². The number of nitriles is 1. The Balaban J connectivity index is 1.43. The van der Waals surface area contributed by atoms with E-state index in [2.05, 4.69) is 116 Å². The van der Waals surface area contributed by atoms with Crippen molar-refractivity contribution in [1.82, 2.24) is 21.0 Å². The van der Waals surface area contributed by atoms with E-state index in [9.17, 15) is 5.26 Å². The second-order valence-corrected chi connectivity index (χ2v) is 13.0. The Hall–Kier alpha value is -3.13. The molecule has 2 aliphatic heterocycles. The van der Waals surface area contributed by atoms with Gasteiger partial charge in [-0.15, -0.1) is 17.3 Å². The number of nitrogens with one attached hydrogen (secondary N) is 5. The molecule has 1 aliphatic carbocycles. The van der Waals surface area contributed by atoms with E-state index in [1.165, 1.54) is 29.0 Å². The van der Waals surface area contributed by atoms with Crippen LogP contribution in [-0.4, -0.2) is 28.5 Å². The van der Waals surface area contributed by atoms with Gasteiger partial charge in [0.2, 0.25) is 0 Å². The van der Waals surface area contributed by atoms with Crippen LogP contribution in [0.4, 0.5) is 17.1 Å². The molecule has 0 radical (unpaired) electrons. The second-order valence-electron chi connectivity index (χ2n) is 11.2. The molecule has 3 heterocycles. The Morgan fingerprint density at radius 1 is 1.29 bits per heavy atom. The number of rotatable bonds is 7.